The van der Waals surface area contributed by atoms with Crippen LogP contribution in [0.1, 0.15) is 33.9 Å². The fraction of sp³-hybridized carbons (Fsp3) is 0.222. The number of halogens is 4. The van der Waals surface area contributed by atoms with Gasteiger partial charge in [0.1, 0.15) is 16.6 Å². The monoisotopic (exact) mass is 442 g/mol. The van der Waals surface area contributed by atoms with Gasteiger partial charge in [0.05, 0.1) is 6.04 Å². The van der Waals surface area contributed by atoms with Crippen LogP contribution in [-0.4, -0.2) is 27.0 Å². The van der Waals surface area contributed by atoms with Gasteiger partial charge in [0.15, 0.2) is 11.7 Å². The van der Waals surface area contributed by atoms with E-state index in [2.05, 4.69) is 15.7 Å². The number of anilines is 2. The zero-order valence-electron chi connectivity index (χ0n) is 14.6. The molecule has 0 radical (unpaired) electrons. The van der Waals surface area contributed by atoms with Crippen LogP contribution in [0.2, 0.25) is 5.02 Å². The van der Waals surface area contributed by atoms with Gasteiger partial charge >= 0.3 is 6.18 Å². The maximum absolute atomic E-state index is 13.7. The van der Waals surface area contributed by atoms with E-state index in [1.54, 1.807) is 17.5 Å². The highest BCUT2D eigenvalue weighted by Gasteiger charge is 2.48. The molecule has 3 aromatic rings. The molecule has 0 saturated heterocycles. The minimum Gasteiger partial charge on any atom is -0.508 e. The maximum Gasteiger partial charge on any atom is 0.410 e. The predicted molar refractivity (Wildman–Crippen MR) is 104 cm³/mol. The summed E-state index contributed by atoms with van der Waals surface area (Å²) >= 11 is 7.59. The molecule has 0 spiro atoms. The van der Waals surface area contributed by atoms with Crippen LogP contribution in [0.4, 0.5) is 24.7 Å². The molecular formula is C18H14ClF3N4O2S. The van der Waals surface area contributed by atoms with E-state index in [1.807, 2.05) is 0 Å². The number of fused-ring (bicyclic) bond motifs is 1. The summed E-state index contributed by atoms with van der Waals surface area (Å²) in [6, 6.07) is 6.71. The number of phenols is 1. The van der Waals surface area contributed by atoms with E-state index in [0.29, 0.717) is 0 Å². The Balaban J connectivity index is 1.70. The molecule has 29 heavy (non-hydrogen) atoms. The highest BCUT2D eigenvalue weighted by atomic mass is 35.5. The number of benzene rings is 1. The van der Waals surface area contributed by atoms with E-state index in [0.717, 1.165) is 9.56 Å². The van der Waals surface area contributed by atoms with Gasteiger partial charge in [-0.25, -0.2) is 4.68 Å². The molecule has 3 heterocycles. The van der Waals surface area contributed by atoms with Gasteiger partial charge in [-0.05, 0) is 23.6 Å². The SMILES string of the molecule is O=C(Nc1cccc(O)c1)c1nn2c(c1Cl)N[C@H](c1cccs1)C[C@H]2C(F)(F)F. The summed E-state index contributed by atoms with van der Waals surface area (Å²) in [6.45, 7) is 0. The van der Waals surface area contributed by atoms with Crippen molar-refractivity contribution in [3.8, 4) is 5.75 Å². The lowest BCUT2D eigenvalue weighted by Crippen LogP contribution is -2.35. The largest absolute Gasteiger partial charge is 0.508 e. The van der Waals surface area contributed by atoms with Gasteiger partial charge in [-0.2, -0.15) is 18.3 Å². The zero-order valence-corrected chi connectivity index (χ0v) is 16.1. The standard InChI is InChI=1S/C18H14ClF3N4O2S/c19-14-15(17(28)23-9-3-1-4-10(27)7-9)25-26-13(18(20,21)22)8-11(24-16(14)26)12-5-2-6-29-12/h1-7,11,13,24,27H,8H2,(H,23,28)/t11-,13-/m0/s1. The molecule has 1 amide bonds. The Morgan fingerprint density at radius 3 is 2.79 bits per heavy atom. The molecular weight excluding hydrogens is 429 g/mol. The second-order valence-corrected chi connectivity index (χ2v) is 7.82. The molecule has 4 rings (SSSR count). The fourth-order valence-electron chi connectivity index (χ4n) is 3.18. The number of nitrogens with one attached hydrogen (secondary N) is 2. The van der Waals surface area contributed by atoms with Gasteiger partial charge < -0.3 is 15.7 Å². The lowest BCUT2D eigenvalue weighted by molar-refractivity contribution is -0.173. The van der Waals surface area contributed by atoms with E-state index < -0.39 is 24.2 Å². The Labute approximate surface area is 171 Å². The number of aromatic hydroxyl groups is 1. The Morgan fingerprint density at radius 1 is 1.34 bits per heavy atom. The van der Waals surface area contributed by atoms with Crippen molar-refractivity contribution in [3.05, 3.63) is 57.4 Å². The first kappa shape index (κ1) is 19.6. The van der Waals surface area contributed by atoms with Crippen molar-refractivity contribution in [1.29, 1.82) is 0 Å². The van der Waals surface area contributed by atoms with Gasteiger partial charge in [0, 0.05) is 23.1 Å². The van der Waals surface area contributed by atoms with Crippen LogP contribution < -0.4 is 10.6 Å². The highest BCUT2D eigenvalue weighted by Crippen LogP contribution is 2.46. The van der Waals surface area contributed by atoms with Gasteiger partial charge in [-0.1, -0.05) is 23.7 Å². The maximum atomic E-state index is 13.7. The van der Waals surface area contributed by atoms with Crippen LogP contribution in [-0.2, 0) is 0 Å². The Morgan fingerprint density at radius 2 is 2.14 bits per heavy atom. The van der Waals surface area contributed by atoms with Crippen LogP contribution in [0.25, 0.3) is 0 Å². The number of amides is 1. The topological polar surface area (TPSA) is 79.2 Å². The number of hydrogen-bond acceptors (Lipinski definition) is 5. The molecule has 0 saturated carbocycles. The molecule has 11 heteroatoms. The smallest absolute Gasteiger partial charge is 0.410 e. The Kier molecular flexibility index (Phi) is 4.91. The second kappa shape index (κ2) is 7.27. The summed E-state index contributed by atoms with van der Waals surface area (Å²) in [6.07, 6.45) is -4.84. The van der Waals surface area contributed by atoms with E-state index >= 15 is 0 Å². The minimum atomic E-state index is -4.57. The van der Waals surface area contributed by atoms with Crippen LogP contribution in [0.5, 0.6) is 5.75 Å². The van der Waals surface area contributed by atoms with Gasteiger partial charge in [-0.15, -0.1) is 11.3 Å². The van der Waals surface area contributed by atoms with E-state index in [-0.39, 0.29) is 34.4 Å². The molecule has 152 valence electrons. The third kappa shape index (κ3) is 3.77. The molecule has 0 unspecified atom stereocenters. The number of hydrogen-bond donors (Lipinski definition) is 3. The van der Waals surface area contributed by atoms with Crippen LogP contribution >= 0.6 is 22.9 Å². The first-order valence-corrected chi connectivity index (χ1v) is 9.75. The zero-order chi connectivity index (χ0) is 20.8. The average Bonchev–Trinajstić information content (AvgIpc) is 3.29. The van der Waals surface area contributed by atoms with E-state index in [1.165, 1.54) is 35.6 Å². The molecule has 2 atom stereocenters. The van der Waals surface area contributed by atoms with Gasteiger partial charge in [0.2, 0.25) is 0 Å². The summed E-state index contributed by atoms with van der Waals surface area (Å²) in [5, 5.41) is 20.4. The van der Waals surface area contributed by atoms with Gasteiger partial charge in [0.25, 0.3) is 5.91 Å². The lowest BCUT2D eigenvalue weighted by Gasteiger charge is -2.32. The number of aromatic nitrogens is 2. The highest BCUT2D eigenvalue weighted by molar-refractivity contribution is 7.10. The van der Waals surface area contributed by atoms with Crippen LogP contribution in [0.15, 0.2) is 41.8 Å². The molecule has 0 aliphatic carbocycles. The van der Waals surface area contributed by atoms with Crippen LogP contribution in [0, 0.1) is 0 Å². The molecule has 2 aromatic heterocycles. The quantitative estimate of drug-likeness (QED) is 0.520. The summed E-state index contributed by atoms with van der Waals surface area (Å²) in [5.74, 6) is -0.909. The van der Waals surface area contributed by atoms with Gasteiger partial charge in [-0.3, -0.25) is 4.79 Å². The van der Waals surface area contributed by atoms with Crippen molar-refractivity contribution >= 4 is 40.4 Å². The first-order chi connectivity index (χ1) is 13.7. The number of nitrogens with zero attached hydrogens (tertiary/aromatic N) is 2. The van der Waals surface area contributed by atoms with Crippen molar-refractivity contribution in [2.24, 2.45) is 0 Å². The Bertz CT molecular complexity index is 1050. The van der Waals surface area contributed by atoms with Crippen molar-refractivity contribution < 1.29 is 23.1 Å². The number of carbonyl (C=O) groups excluding carboxylic acids is 1. The third-order valence-corrected chi connectivity index (χ3v) is 5.85. The normalized spacial score (nSPS) is 18.8. The molecule has 6 nitrogen and oxygen atoms in total. The molecule has 0 fully saturated rings. The molecule has 3 N–H and O–H groups in total. The number of rotatable bonds is 3. The molecule has 0 bridgehead atoms. The number of phenolic OH excluding ortho intramolecular Hbond substituents is 1. The summed E-state index contributed by atoms with van der Waals surface area (Å²) < 4.78 is 41.9. The van der Waals surface area contributed by atoms with Crippen molar-refractivity contribution in [1.82, 2.24) is 9.78 Å². The number of thiophene rings is 1. The predicted octanol–water partition coefficient (Wildman–Crippen LogP) is 5.22. The number of carbonyl (C=O) groups is 1. The fourth-order valence-corrected chi connectivity index (χ4v) is 4.24. The average molecular weight is 443 g/mol. The number of alkyl halides is 3. The van der Waals surface area contributed by atoms with Crippen molar-refractivity contribution in [3.63, 3.8) is 0 Å². The first-order valence-electron chi connectivity index (χ1n) is 8.49. The third-order valence-electron chi connectivity index (χ3n) is 4.50. The Hall–Kier alpha value is -2.72. The molecule has 1 aliphatic heterocycles. The summed E-state index contributed by atoms with van der Waals surface area (Å²) in [5.41, 5.74) is -0.0765. The summed E-state index contributed by atoms with van der Waals surface area (Å²) in [7, 11) is 0. The molecule has 1 aromatic carbocycles. The molecule has 1 aliphatic rings. The summed E-state index contributed by atoms with van der Waals surface area (Å²) in [4.78, 5) is 13.3. The lowest BCUT2D eigenvalue weighted by atomic mass is 10.0. The second-order valence-electron chi connectivity index (χ2n) is 6.47. The van der Waals surface area contributed by atoms with Crippen LogP contribution in [0.3, 0.4) is 0 Å². The minimum absolute atomic E-state index is 0.0558. The van der Waals surface area contributed by atoms with E-state index in [9.17, 15) is 23.1 Å². The van der Waals surface area contributed by atoms with Crippen molar-refractivity contribution in [2.45, 2.75) is 24.7 Å². The van der Waals surface area contributed by atoms with E-state index in [4.69, 9.17) is 11.6 Å². The van der Waals surface area contributed by atoms with Crippen molar-refractivity contribution in [2.75, 3.05) is 10.6 Å².